The summed E-state index contributed by atoms with van der Waals surface area (Å²) in [7, 11) is 0. The average molecular weight is 278 g/mol. The molecule has 2 aromatic carbocycles. The maximum atomic E-state index is 10.7. The number of carbonyl (C=O) groups excluding carboxylic acids is 1. The first-order chi connectivity index (χ1) is 10.3. The summed E-state index contributed by atoms with van der Waals surface area (Å²) in [5.74, 6) is 1.74. The summed E-state index contributed by atoms with van der Waals surface area (Å²) in [4.78, 5) is 10.7. The van der Waals surface area contributed by atoms with E-state index in [1.165, 1.54) is 0 Å². The summed E-state index contributed by atoms with van der Waals surface area (Å²) in [5.41, 5.74) is 2.00. The number of aldehydes is 1. The zero-order valence-corrected chi connectivity index (χ0v) is 11.4. The molecule has 1 heterocycles. The summed E-state index contributed by atoms with van der Waals surface area (Å²) in [5, 5.41) is 0. The number of hydrogen-bond donors (Lipinski definition) is 0. The monoisotopic (exact) mass is 278 g/mol. The zero-order valence-electron chi connectivity index (χ0n) is 11.4. The van der Waals surface area contributed by atoms with Crippen LogP contribution in [0.5, 0.6) is 5.75 Å². The van der Waals surface area contributed by atoms with Crippen LogP contribution >= 0.6 is 0 Å². The van der Waals surface area contributed by atoms with E-state index < -0.39 is 0 Å². The van der Waals surface area contributed by atoms with Gasteiger partial charge in [0.2, 0.25) is 0 Å². The summed E-state index contributed by atoms with van der Waals surface area (Å²) in [6, 6.07) is 21.0. The van der Waals surface area contributed by atoms with Crippen molar-refractivity contribution in [2.24, 2.45) is 0 Å². The topological polar surface area (TPSA) is 39.4 Å². The van der Waals surface area contributed by atoms with Crippen LogP contribution in [0.2, 0.25) is 0 Å². The van der Waals surface area contributed by atoms with Gasteiger partial charge in [0.05, 0.1) is 0 Å². The molecule has 3 heteroatoms. The Hall–Kier alpha value is -2.81. The molecule has 0 aliphatic heterocycles. The van der Waals surface area contributed by atoms with Crippen LogP contribution in [0.4, 0.5) is 0 Å². The van der Waals surface area contributed by atoms with Gasteiger partial charge in [-0.2, -0.15) is 0 Å². The number of rotatable bonds is 5. The molecule has 0 unspecified atom stereocenters. The molecule has 1 aromatic heterocycles. The molecule has 3 rings (SSSR count). The van der Waals surface area contributed by atoms with Gasteiger partial charge in [-0.1, -0.05) is 42.5 Å². The van der Waals surface area contributed by atoms with Crippen molar-refractivity contribution in [1.29, 1.82) is 0 Å². The van der Waals surface area contributed by atoms with Crippen LogP contribution < -0.4 is 4.74 Å². The number of hydrogen-bond acceptors (Lipinski definition) is 3. The Morgan fingerprint density at radius 2 is 1.81 bits per heavy atom. The fourth-order valence-corrected chi connectivity index (χ4v) is 2.05. The quantitative estimate of drug-likeness (QED) is 0.652. The van der Waals surface area contributed by atoms with E-state index in [9.17, 15) is 4.79 Å². The van der Waals surface area contributed by atoms with E-state index in [4.69, 9.17) is 9.15 Å². The third kappa shape index (κ3) is 3.20. The number of benzene rings is 2. The number of furan rings is 1. The highest BCUT2D eigenvalue weighted by atomic mass is 16.5. The molecule has 21 heavy (non-hydrogen) atoms. The molecule has 0 radical (unpaired) electrons. The molecule has 0 bridgehead atoms. The summed E-state index contributed by atoms with van der Waals surface area (Å²) in [6.07, 6.45) is 0.694. The largest absolute Gasteiger partial charge is 0.489 e. The maximum absolute atomic E-state index is 10.7. The minimum atomic E-state index is 0.320. The first-order valence-corrected chi connectivity index (χ1v) is 6.67. The van der Waals surface area contributed by atoms with Gasteiger partial charge >= 0.3 is 0 Å². The van der Waals surface area contributed by atoms with Crippen LogP contribution in [-0.2, 0) is 6.61 Å². The lowest BCUT2D eigenvalue weighted by atomic mass is 10.1. The van der Waals surface area contributed by atoms with Gasteiger partial charge in [-0.15, -0.1) is 0 Å². The SMILES string of the molecule is O=Cc1ccc(-c2cccc(OCc3ccccc3)c2)o1. The Morgan fingerprint density at radius 1 is 0.952 bits per heavy atom. The second kappa shape index (κ2) is 6.09. The van der Waals surface area contributed by atoms with Crippen LogP contribution in [0.1, 0.15) is 16.1 Å². The highest BCUT2D eigenvalue weighted by molar-refractivity contribution is 5.73. The van der Waals surface area contributed by atoms with E-state index in [2.05, 4.69) is 0 Å². The molecular weight excluding hydrogens is 264 g/mol. The molecule has 0 aliphatic carbocycles. The third-order valence-electron chi connectivity index (χ3n) is 3.11. The lowest BCUT2D eigenvalue weighted by Gasteiger charge is -2.07. The van der Waals surface area contributed by atoms with Crippen molar-refractivity contribution in [2.75, 3.05) is 0 Å². The van der Waals surface area contributed by atoms with Gasteiger partial charge in [0.1, 0.15) is 18.1 Å². The Balaban J connectivity index is 1.75. The van der Waals surface area contributed by atoms with E-state index in [-0.39, 0.29) is 0 Å². The Labute approximate surface area is 122 Å². The minimum Gasteiger partial charge on any atom is -0.489 e. The van der Waals surface area contributed by atoms with Crippen LogP contribution in [0.25, 0.3) is 11.3 Å². The van der Waals surface area contributed by atoms with Crippen LogP contribution in [0.3, 0.4) is 0 Å². The van der Waals surface area contributed by atoms with Crippen molar-refractivity contribution >= 4 is 6.29 Å². The Morgan fingerprint density at radius 3 is 2.57 bits per heavy atom. The van der Waals surface area contributed by atoms with E-state index >= 15 is 0 Å². The van der Waals surface area contributed by atoms with Gasteiger partial charge in [0.25, 0.3) is 0 Å². The molecule has 0 N–H and O–H groups in total. The minimum absolute atomic E-state index is 0.320. The predicted octanol–water partition coefficient (Wildman–Crippen LogP) is 4.34. The van der Waals surface area contributed by atoms with Crippen LogP contribution in [0.15, 0.2) is 71.1 Å². The Bertz CT molecular complexity index is 729. The van der Waals surface area contributed by atoms with Gasteiger partial charge in [-0.05, 0) is 29.8 Å². The molecule has 0 saturated carbocycles. The van der Waals surface area contributed by atoms with Crippen molar-refractivity contribution in [1.82, 2.24) is 0 Å². The standard InChI is InChI=1S/C18H14O3/c19-12-17-9-10-18(21-17)15-7-4-8-16(11-15)20-13-14-5-2-1-3-6-14/h1-12H,13H2. The second-order valence-corrected chi connectivity index (χ2v) is 4.62. The molecule has 0 atom stereocenters. The van der Waals surface area contributed by atoms with Crippen molar-refractivity contribution in [2.45, 2.75) is 6.61 Å². The molecule has 0 aliphatic rings. The molecule has 0 amide bonds. The molecular formula is C18H14O3. The summed E-state index contributed by atoms with van der Waals surface area (Å²) < 4.78 is 11.2. The number of carbonyl (C=O) groups is 1. The van der Waals surface area contributed by atoms with Gasteiger partial charge in [-0.3, -0.25) is 4.79 Å². The Kier molecular flexibility index (Phi) is 3.83. The molecule has 0 spiro atoms. The zero-order chi connectivity index (χ0) is 14.5. The average Bonchev–Trinajstić information content (AvgIpc) is 3.03. The molecule has 104 valence electrons. The van der Waals surface area contributed by atoms with Crippen molar-refractivity contribution in [3.8, 4) is 17.1 Å². The van der Waals surface area contributed by atoms with Crippen molar-refractivity contribution < 1.29 is 13.9 Å². The first-order valence-electron chi connectivity index (χ1n) is 6.67. The van der Waals surface area contributed by atoms with E-state index in [0.29, 0.717) is 24.4 Å². The molecule has 0 saturated heterocycles. The summed E-state index contributed by atoms with van der Waals surface area (Å²) >= 11 is 0. The first kappa shape index (κ1) is 13.2. The highest BCUT2D eigenvalue weighted by Gasteiger charge is 2.05. The van der Waals surface area contributed by atoms with Gasteiger partial charge in [0.15, 0.2) is 12.0 Å². The lowest BCUT2D eigenvalue weighted by molar-refractivity contribution is 0.110. The van der Waals surface area contributed by atoms with Crippen LogP contribution in [0, 0.1) is 0 Å². The molecule has 3 aromatic rings. The smallest absolute Gasteiger partial charge is 0.185 e. The molecule has 0 fully saturated rings. The van der Waals surface area contributed by atoms with Gasteiger partial charge in [0, 0.05) is 5.56 Å². The van der Waals surface area contributed by atoms with E-state index in [1.807, 2.05) is 54.6 Å². The van der Waals surface area contributed by atoms with Crippen LogP contribution in [-0.4, -0.2) is 6.29 Å². The van der Waals surface area contributed by atoms with Gasteiger partial charge in [-0.25, -0.2) is 0 Å². The van der Waals surface area contributed by atoms with Crippen molar-refractivity contribution in [3.63, 3.8) is 0 Å². The highest BCUT2D eigenvalue weighted by Crippen LogP contribution is 2.25. The van der Waals surface area contributed by atoms with E-state index in [1.54, 1.807) is 12.1 Å². The third-order valence-corrected chi connectivity index (χ3v) is 3.11. The lowest BCUT2D eigenvalue weighted by Crippen LogP contribution is -1.94. The second-order valence-electron chi connectivity index (χ2n) is 4.62. The normalized spacial score (nSPS) is 10.3. The van der Waals surface area contributed by atoms with Crippen molar-refractivity contribution in [3.05, 3.63) is 78.1 Å². The number of ether oxygens (including phenoxy) is 1. The predicted molar refractivity (Wildman–Crippen MR) is 80.3 cm³/mol. The van der Waals surface area contributed by atoms with Gasteiger partial charge < -0.3 is 9.15 Å². The molecule has 3 nitrogen and oxygen atoms in total. The fraction of sp³-hybridized carbons (Fsp3) is 0.0556. The fourth-order valence-electron chi connectivity index (χ4n) is 2.05. The summed E-state index contributed by atoms with van der Waals surface area (Å²) in [6.45, 7) is 0.516. The van der Waals surface area contributed by atoms with E-state index in [0.717, 1.165) is 16.9 Å². The maximum Gasteiger partial charge on any atom is 0.185 e.